The number of rotatable bonds is 4. The minimum Gasteiger partial charge on any atom is -0.478 e. The summed E-state index contributed by atoms with van der Waals surface area (Å²) in [6.45, 7) is 1.43. The second-order valence-corrected chi connectivity index (χ2v) is 4.27. The number of halogens is 1. The van der Waals surface area contributed by atoms with Crippen molar-refractivity contribution in [3.05, 3.63) is 28.8 Å². The molecular formula is C12H13ClN2O5. The van der Waals surface area contributed by atoms with Gasteiger partial charge in [0.15, 0.2) is 0 Å². The van der Waals surface area contributed by atoms with Gasteiger partial charge in [0.25, 0.3) is 0 Å². The van der Waals surface area contributed by atoms with E-state index in [0.29, 0.717) is 0 Å². The van der Waals surface area contributed by atoms with Crippen molar-refractivity contribution in [3.63, 3.8) is 0 Å². The number of benzene rings is 1. The molecule has 0 aliphatic carbocycles. The number of nitrogens with one attached hydrogen (secondary N) is 2. The normalized spacial score (nSPS) is 11.3. The molecule has 3 N–H and O–H groups in total. The molecule has 8 heteroatoms. The summed E-state index contributed by atoms with van der Waals surface area (Å²) < 4.78 is 4.45. The van der Waals surface area contributed by atoms with E-state index in [9.17, 15) is 14.4 Å². The van der Waals surface area contributed by atoms with Crippen LogP contribution in [-0.2, 0) is 9.53 Å². The third-order valence-electron chi connectivity index (χ3n) is 2.36. The molecule has 0 bridgehead atoms. The monoisotopic (exact) mass is 300 g/mol. The van der Waals surface area contributed by atoms with Crippen LogP contribution in [0.1, 0.15) is 17.3 Å². The summed E-state index contributed by atoms with van der Waals surface area (Å²) in [5.74, 6) is -1.83. The van der Waals surface area contributed by atoms with E-state index in [1.807, 2.05) is 0 Å². The number of hydrogen-bond donors (Lipinski definition) is 3. The minimum atomic E-state index is -1.21. The Bertz CT molecular complexity index is 547. The fourth-order valence-corrected chi connectivity index (χ4v) is 1.57. The van der Waals surface area contributed by atoms with Gasteiger partial charge in [0.05, 0.1) is 18.4 Å². The second kappa shape index (κ2) is 6.76. The predicted molar refractivity (Wildman–Crippen MR) is 72.0 cm³/mol. The molecule has 0 aliphatic rings. The highest BCUT2D eigenvalue weighted by Crippen LogP contribution is 2.21. The zero-order chi connectivity index (χ0) is 15.3. The van der Waals surface area contributed by atoms with Gasteiger partial charge in [-0.05, 0) is 25.1 Å². The van der Waals surface area contributed by atoms with Crippen LogP contribution in [0.4, 0.5) is 10.5 Å². The van der Waals surface area contributed by atoms with Gasteiger partial charge in [-0.1, -0.05) is 11.6 Å². The zero-order valence-electron chi connectivity index (χ0n) is 10.8. The number of hydrogen-bond acceptors (Lipinski definition) is 4. The van der Waals surface area contributed by atoms with Crippen LogP contribution in [0.15, 0.2) is 18.2 Å². The quantitative estimate of drug-likeness (QED) is 0.734. The Balaban J connectivity index is 2.82. The number of carboxylic acid groups (broad SMARTS) is 1. The number of urea groups is 1. The van der Waals surface area contributed by atoms with Crippen LogP contribution in [0.5, 0.6) is 0 Å². The first kappa shape index (κ1) is 15.8. The smallest absolute Gasteiger partial charge is 0.337 e. The maximum absolute atomic E-state index is 11.7. The van der Waals surface area contributed by atoms with Crippen molar-refractivity contribution < 1.29 is 24.2 Å². The highest BCUT2D eigenvalue weighted by atomic mass is 35.5. The van der Waals surface area contributed by atoms with Crippen LogP contribution in [0, 0.1) is 0 Å². The Labute approximate surface area is 119 Å². The first-order chi connectivity index (χ1) is 9.35. The fraction of sp³-hybridized carbons (Fsp3) is 0.250. The Morgan fingerprint density at radius 2 is 2.00 bits per heavy atom. The second-order valence-electron chi connectivity index (χ2n) is 3.84. The molecule has 0 radical (unpaired) electrons. The number of anilines is 1. The van der Waals surface area contributed by atoms with Crippen molar-refractivity contribution in [1.29, 1.82) is 0 Å². The lowest BCUT2D eigenvalue weighted by atomic mass is 10.2. The first-order valence-electron chi connectivity index (χ1n) is 5.53. The molecule has 0 saturated heterocycles. The minimum absolute atomic E-state index is 0.0274. The third kappa shape index (κ3) is 4.13. The molecule has 0 saturated carbocycles. The van der Waals surface area contributed by atoms with Crippen LogP contribution in [0.25, 0.3) is 0 Å². The van der Waals surface area contributed by atoms with Crippen molar-refractivity contribution in [1.82, 2.24) is 5.32 Å². The molecule has 0 aliphatic heterocycles. The summed E-state index contributed by atoms with van der Waals surface area (Å²) in [5, 5.41) is 13.9. The molecule has 7 nitrogen and oxygen atoms in total. The first-order valence-corrected chi connectivity index (χ1v) is 5.91. The van der Waals surface area contributed by atoms with E-state index in [1.165, 1.54) is 32.2 Å². The van der Waals surface area contributed by atoms with E-state index in [2.05, 4.69) is 15.4 Å². The predicted octanol–water partition coefficient (Wildman–Crippen LogP) is 1.72. The van der Waals surface area contributed by atoms with Gasteiger partial charge in [-0.25, -0.2) is 14.4 Å². The van der Waals surface area contributed by atoms with E-state index in [0.717, 1.165) is 0 Å². The molecule has 108 valence electrons. The molecule has 0 fully saturated rings. The van der Waals surface area contributed by atoms with E-state index in [-0.39, 0.29) is 16.3 Å². The standard InChI is InChI=1S/C12H13ClN2O5/c1-6(11(18)20-2)14-12(19)15-9-5-7(13)3-4-8(9)10(16)17/h3-6H,1-2H3,(H,16,17)(H2,14,15,19). The number of ether oxygens (including phenoxy) is 1. The molecule has 1 atom stereocenters. The van der Waals surface area contributed by atoms with Crippen molar-refractivity contribution in [2.75, 3.05) is 12.4 Å². The number of carbonyl (C=O) groups is 3. The van der Waals surface area contributed by atoms with Gasteiger partial charge in [-0.3, -0.25) is 0 Å². The number of carbonyl (C=O) groups excluding carboxylic acids is 2. The Kier molecular flexibility index (Phi) is 5.33. The zero-order valence-corrected chi connectivity index (χ0v) is 11.5. The van der Waals surface area contributed by atoms with Gasteiger partial charge < -0.3 is 20.5 Å². The van der Waals surface area contributed by atoms with Crippen molar-refractivity contribution >= 4 is 35.3 Å². The molecule has 20 heavy (non-hydrogen) atoms. The molecule has 0 spiro atoms. The number of methoxy groups -OCH3 is 1. The molecule has 2 amide bonds. The summed E-state index contributed by atoms with van der Waals surface area (Å²) in [5.41, 5.74) is -0.0881. The lowest BCUT2D eigenvalue weighted by Gasteiger charge is -2.13. The molecule has 1 aromatic carbocycles. The topological polar surface area (TPSA) is 105 Å². The van der Waals surface area contributed by atoms with Crippen molar-refractivity contribution in [3.8, 4) is 0 Å². The SMILES string of the molecule is COC(=O)C(C)NC(=O)Nc1cc(Cl)ccc1C(=O)O. The van der Waals surface area contributed by atoms with Gasteiger partial charge >= 0.3 is 18.0 Å². The highest BCUT2D eigenvalue weighted by Gasteiger charge is 2.18. The molecule has 1 rings (SSSR count). The van der Waals surface area contributed by atoms with E-state index in [1.54, 1.807) is 0 Å². The summed E-state index contributed by atoms with van der Waals surface area (Å²) in [7, 11) is 1.19. The maximum Gasteiger partial charge on any atom is 0.337 e. The average Bonchev–Trinajstić information content (AvgIpc) is 2.37. The van der Waals surface area contributed by atoms with Crippen LogP contribution in [0.2, 0.25) is 5.02 Å². The number of aromatic carboxylic acids is 1. The summed E-state index contributed by atoms with van der Waals surface area (Å²) >= 11 is 5.74. The number of esters is 1. The Morgan fingerprint density at radius 3 is 2.55 bits per heavy atom. The number of carboxylic acids is 1. The highest BCUT2D eigenvalue weighted by molar-refractivity contribution is 6.31. The van der Waals surface area contributed by atoms with Crippen LogP contribution in [-0.4, -0.2) is 36.2 Å². The van der Waals surface area contributed by atoms with Crippen LogP contribution in [0.3, 0.4) is 0 Å². The fourth-order valence-electron chi connectivity index (χ4n) is 1.40. The molecular weight excluding hydrogens is 288 g/mol. The average molecular weight is 301 g/mol. The van der Waals surface area contributed by atoms with Gasteiger partial charge in [-0.2, -0.15) is 0 Å². The van der Waals surface area contributed by atoms with Crippen LogP contribution >= 0.6 is 11.6 Å². The lowest BCUT2D eigenvalue weighted by molar-refractivity contribution is -0.142. The van der Waals surface area contributed by atoms with E-state index in [4.69, 9.17) is 16.7 Å². The van der Waals surface area contributed by atoms with Crippen molar-refractivity contribution in [2.45, 2.75) is 13.0 Å². The number of amides is 2. The summed E-state index contributed by atoms with van der Waals surface area (Å²) in [6, 6.07) is 2.35. The Hall–Kier alpha value is -2.28. The van der Waals surface area contributed by atoms with Gasteiger partial charge in [0.1, 0.15) is 6.04 Å². The molecule has 0 heterocycles. The van der Waals surface area contributed by atoms with Crippen LogP contribution < -0.4 is 10.6 Å². The largest absolute Gasteiger partial charge is 0.478 e. The maximum atomic E-state index is 11.7. The van der Waals surface area contributed by atoms with E-state index < -0.39 is 24.0 Å². The van der Waals surface area contributed by atoms with Gasteiger partial charge in [0, 0.05) is 5.02 Å². The summed E-state index contributed by atoms with van der Waals surface area (Å²) in [6.07, 6.45) is 0. The summed E-state index contributed by atoms with van der Waals surface area (Å²) in [4.78, 5) is 33.8. The molecule has 1 unspecified atom stereocenters. The molecule has 1 aromatic rings. The molecule has 0 aromatic heterocycles. The van der Waals surface area contributed by atoms with E-state index >= 15 is 0 Å². The van der Waals surface area contributed by atoms with Gasteiger partial charge in [0.2, 0.25) is 0 Å². The Morgan fingerprint density at radius 1 is 1.35 bits per heavy atom. The van der Waals surface area contributed by atoms with Gasteiger partial charge in [-0.15, -0.1) is 0 Å². The lowest BCUT2D eigenvalue weighted by Crippen LogP contribution is -2.41. The third-order valence-corrected chi connectivity index (χ3v) is 2.60. The van der Waals surface area contributed by atoms with Crippen molar-refractivity contribution in [2.24, 2.45) is 0 Å².